The molecule has 1 atom stereocenters. The molecule has 5 nitrogen and oxygen atoms in total. The minimum atomic E-state index is -0.559. The van der Waals surface area contributed by atoms with E-state index in [0.29, 0.717) is 32.1 Å². The molecule has 25 heavy (non-hydrogen) atoms. The van der Waals surface area contributed by atoms with Gasteiger partial charge in [-0.1, -0.05) is 25.0 Å². The van der Waals surface area contributed by atoms with Crippen LogP contribution in [0.3, 0.4) is 0 Å². The zero-order valence-electron chi connectivity index (χ0n) is 15.3. The highest BCUT2D eigenvalue weighted by Gasteiger charge is 2.34. The summed E-state index contributed by atoms with van der Waals surface area (Å²) in [5, 5.41) is 3.11. The number of carbonyl (C=O) groups excluding carboxylic acids is 1. The summed E-state index contributed by atoms with van der Waals surface area (Å²) in [6.45, 7) is 3.75. The maximum absolute atomic E-state index is 12.9. The van der Waals surface area contributed by atoms with E-state index in [0.717, 1.165) is 24.2 Å². The van der Waals surface area contributed by atoms with Gasteiger partial charge in [0.25, 0.3) is 0 Å². The first-order chi connectivity index (χ1) is 12.1. The molecule has 2 fully saturated rings. The van der Waals surface area contributed by atoms with Crippen molar-refractivity contribution in [3.63, 3.8) is 0 Å². The van der Waals surface area contributed by atoms with Gasteiger partial charge < -0.3 is 19.5 Å². The van der Waals surface area contributed by atoms with Crippen molar-refractivity contribution in [1.82, 2.24) is 5.32 Å². The monoisotopic (exact) mass is 347 g/mol. The first-order valence-corrected chi connectivity index (χ1v) is 9.31. The van der Waals surface area contributed by atoms with Gasteiger partial charge in [-0.3, -0.25) is 4.79 Å². The third-order valence-electron chi connectivity index (χ3n) is 5.41. The van der Waals surface area contributed by atoms with E-state index in [4.69, 9.17) is 14.2 Å². The Hall–Kier alpha value is -1.59. The minimum Gasteiger partial charge on any atom is -0.497 e. The van der Waals surface area contributed by atoms with Gasteiger partial charge in [-0.25, -0.2) is 0 Å². The van der Waals surface area contributed by atoms with E-state index in [1.165, 1.54) is 12.8 Å². The van der Waals surface area contributed by atoms with Crippen molar-refractivity contribution in [1.29, 1.82) is 0 Å². The Morgan fingerprint density at radius 1 is 1.24 bits per heavy atom. The number of ether oxygens (including phenoxy) is 3. The van der Waals surface area contributed by atoms with Crippen LogP contribution in [0.1, 0.15) is 50.5 Å². The maximum Gasteiger partial charge on any atom is 0.227 e. The number of amides is 1. The molecule has 0 aromatic heterocycles. The fourth-order valence-electron chi connectivity index (χ4n) is 3.96. The van der Waals surface area contributed by atoms with Gasteiger partial charge in [-0.05, 0) is 43.4 Å². The lowest BCUT2D eigenvalue weighted by atomic mass is 9.84. The van der Waals surface area contributed by atoms with Crippen LogP contribution in [-0.2, 0) is 14.3 Å². The van der Waals surface area contributed by atoms with Crippen molar-refractivity contribution in [2.75, 3.05) is 26.9 Å². The SMILES string of the molecule is COc1ccc(C(C(=O)NCCC2(C)OCCO2)C2CCCC2)cc1. The second-order valence-corrected chi connectivity index (χ2v) is 7.17. The van der Waals surface area contributed by atoms with E-state index in [2.05, 4.69) is 5.32 Å². The number of hydrogen-bond acceptors (Lipinski definition) is 4. The molecule has 1 aliphatic carbocycles. The van der Waals surface area contributed by atoms with Crippen molar-refractivity contribution < 1.29 is 19.0 Å². The van der Waals surface area contributed by atoms with E-state index >= 15 is 0 Å². The minimum absolute atomic E-state index is 0.0911. The summed E-state index contributed by atoms with van der Waals surface area (Å²) < 4.78 is 16.5. The molecule has 138 valence electrons. The van der Waals surface area contributed by atoms with Crippen molar-refractivity contribution in [3.8, 4) is 5.75 Å². The van der Waals surface area contributed by atoms with Gasteiger partial charge in [-0.15, -0.1) is 0 Å². The topological polar surface area (TPSA) is 56.8 Å². The molecule has 1 N–H and O–H groups in total. The molecule has 3 rings (SSSR count). The third-order valence-corrected chi connectivity index (χ3v) is 5.41. The molecule has 2 aliphatic rings. The molecule has 1 unspecified atom stereocenters. The second-order valence-electron chi connectivity index (χ2n) is 7.17. The van der Waals surface area contributed by atoms with Crippen LogP contribution in [0.15, 0.2) is 24.3 Å². The van der Waals surface area contributed by atoms with Gasteiger partial charge in [0.1, 0.15) is 5.75 Å². The number of rotatable bonds is 7. The van der Waals surface area contributed by atoms with Crippen LogP contribution in [0.5, 0.6) is 5.75 Å². The van der Waals surface area contributed by atoms with Crippen LogP contribution in [0.25, 0.3) is 0 Å². The number of hydrogen-bond donors (Lipinski definition) is 1. The molecule has 0 bridgehead atoms. The zero-order chi connectivity index (χ0) is 17.7. The highest BCUT2D eigenvalue weighted by molar-refractivity contribution is 5.84. The summed E-state index contributed by atoms with van der Waals surface area (Å²) in [6, 6.07) is 7.91. The predicted octanol–water partition coefficient (Wildman–Crippen LogP) is 3.24. The second kappa shape index (κ2) is 8.19. The molecule has 0 radical (unpaired) electrons. The maximum atomic E-state index is 12.9. The summed E-state index contributed by atoms with van der Waals surface area (Å²) in [6.07, 6.45) is 5.33. The highest BCUT2D eigenvalue weighted by Crippen LogP contribution is 2.38. The first-order valence-electron chi connectivity index (χ1n) is 9.31. The number of benzene rings is 1. The number of carbonyl (C=O) groups is 1. The molecular formula is C20H29NO4. The van der Waals surface area contributed by atoms with E-state index < -0.39 is 5.79 Å². The summed E-state index contributed by atoms with van der Waals surface area (Å²) >= 11 is 0. The number of nitrogens with one attached hydrogen (secondary N) is 1. The Kier molecular flexibility index (Phi) is 5.97. The van der Waals surface area contributed by atoms with Crippen LogP contribution < -0.4 is 10.1 Å². The molecule has 1 aromatic carbocycles. The lowest BCUT2D eigenvalue weighted by Gasteiger charge is -2.25. The van der Waals surface area contributed by atoms with Gasteiger partial charge in [0, 0.05) is 13.0 Å². The van der Waals surface area contributed by atoms with Crippen molar-refractivity contribution in [2.24, 2.45) is 5.92 Å². The normalized spacial score (nSPS) is 21.2. The molecule has 1 amide bonds. The van der Waals surface area contributed by atoms with Crippen molar-refractivity contribution in [3.05, 3.63) is 29.8 Å². The van der Waals surface area contributed by atoms with Gasteiger partial charge >= 0.3 is 0 Å². The van der Waals surface area contributed by atoms with E-state index in [9.17, 15) is 4.79 Å². The molecule has 1 saturated carbocycles. The molecular weight excluding hydrogens is 318 g/mol. The third kappa shape index (κ3) is 4.53. The van der Waals surface area contributed by atoms with Gasteiger partial charge in [-0.2, -0.15) is 0 Å². The fraction of sp³-hybridized carbons (Fsp3) is 0.650. The molecule has 0 spiro atoms. The van der Waals surface area contributed by atoms with Crippen LogP contribution in [0.4, 0.5) is 0 Å². The standard InChI is InChI=1S/C20H29NO4/c1-20(24-13-14-25-20)11-12-21-19(22)18(15-5-3-4-6-15)16-7-9-17(23-2)10-8-16/h7-10,15,18H,3-6,11-14H2,1-2H3,(H,21,22). The molecule has 1 heterocycles. The van der Waals surface area contributed by atoms with Gasteiger partial charge in [0.2, 0.25) is 5.91 Å². The highest BCUT2D eigenvalue weighted by atomic mass is 16.7. The van der Waals surface area contributed by atoms with Crippen LogP contribution >= 0.6 is 0 Å². The predicted molar refractivity (Wildman–Crippen MR) is 95.6 cm³/mol. The fourth-order valence-corrected chi connectivity index (χ4v) is 3.96. The van der Waals surface area contributed by atoms with Crippen molar-refractivity contribution >= 4 is 5.91 Å². The Morgan fingerprint density at radius 2 is 1.88 bits per heavy atom. The summed E-state index contributed by atoms with van der Waals surface area (Å²) in [5.41, 5.74) is 1.07. The van der Waals surface area contributed by atoms with Gasteiger partial charge in [0.15, 0.2) is 5.79 Å². The Balaban J connectivity index is 1.64. The van der Waals surface area contributed by atoms with Crippen LogP contribution in [0.2, 0.25) is 0 Å². The van der Waals surface area contributed by atoms with Crippen LogP contribution in [-0.4, -0.2) is 38.6 Å². The summed E-state index contributed by atoms with van der Waals surface area (Å²) in [4.78, 5) is 12.9. The summed E-state index contributed by atoms with van der Waals surface area (Å²) in [7, 11) is 1.66. The van der Waals surface area contributed by atoms with E-state index in [1.54, 1.807) is 7.11 Å². The Bertz CT molecular complexity index is 560. The molecule has 1 aromatic rings. The lowest BCUT2D eigenvalue weighted by Crippen LogP contribution is -2.37. The first kappa shape index (κ1) is 18.2. The lowest BCUT2D eigenvalue weighted by molar-refractivity contribution is -0.146. The van der Waals surface area contributed by atoms with E-state index in [1.807, 2.05) is 31.2 Å². The quantitative estimate of drug-likeness (QED) is 0.823. The average Bonchev–Trinajstić information content (AvgIpc) is 3.28. The van der Waals surface area contributed by atoms with E-state index in [-0.39, 0.29) is 11.8 Å². The van der Waals surface area contributed by atoms with Crippen LogP contribution in [0, 0.1) is 5.92 Å². The Morgan fingerprint density at radius 3 is 2.48 bits per heavy atom. The smallest absolute Gasteiger partial charge is 0.227 e. The zero-order valence-corrected chi connectivity index (χ0v) is 15.3. The number of methoxy groups -OCH3 is 1. The Labute approximate surface area is 150 Å². The van der Waals surface area contributed by atoms with Crippen molar-refractivity contribution in [2.45, 2.75) is 50.7 Å². The molecule has 1 aliphatic heterocycles. The molecule has 5 heteroatoms. The molecule has 1 saturated heterocycles. The summed E-state index contributed by atoms with van der Waals surface area (Å²) in [5.74, 6) is 0.696. The van der Waals surface area contributed by atoms with Gasteiger partial charge in [0.05, 0.1) is 26.2 Å². The average molecular weight is 347 g/mol. The largest absolute Gasteiger partial charge is 0.497 e.